The average molecular weight is 508 g/mol. The van der Waals surface area contributed by atoms with Gasteiger partial charge in [-0.3, -0.25) is 19.8 Å². The molecular formula is C24H25N7O6. The van der Waals surface area contributed by atoms with Crippen LogP contribution in [0.4, 0.5) is 9.59 Å². The molecule has 2 aromatic carbocycles. The number of carbonyl (C=O) groups excluding carboxylic acids is 3. The summed E-state index contributed by atoms with van der Waals surface area (Å²) in [5.41, 5.74) is 9.91. The molecule has 13 heteroatoms. The van der Waals surface area contributed by atoms with Gasteiger partial charge in [0.2, 0.25) is 5.91 Å². The molecule has 1 atom stereocenters. The van der Waals surface area contributed by atoms with Gasteiger partial charge in [0.1, 0.15) is 19.3 Å². The summed E-state index contributed by atoms with van der Waals surface area (Å²) in [6, 6.07) is 17.7. The number of ether oxygens (including phenoxy) is 1. The van der Waals surface area contributed by atoms with Crippen molar-refractivity contribution >= 4 is 24.0 Å². The molecule has 0 saturated carbocycles. The van der Waals surface area contributed by atoms with Gasteiger partial charge in [0.25, 0.3) is 0 Å². The van der Waals surface area contributed by atoms with Crippen molar-refractivity contribution in [3.8, 4) is 0 Å². The molecule has 13 nitrogen and oxygen atoms in total. The highest BCUT2D eigenvalue weighted by Crippen LogP contribution is 2.25. The van der Waals surface area contributed by atoms with Crippen molar-refractivity contribution in [1.82, 2.24) is 20.4 Å². The zero-order valence-electron chi connectivity index (χ0n) is 19.6. The van der Waals surface area contributed by atoms with Crippen LogP contribution in [0.3, 0.4) is 0 Å². The summed E-state index contributed by atoms with van der Waals surface area (Å²) in [7, 11) is 0. The molecule has 0 spiro atoms. The SMILES string of the molecule is [N-]=[N+]=NCCN(CC(=O)O)C(=O)CN1C=CC(NC(=O)OC(c2ccccc2)c2ccccc2)NC1=O. The van der Waals surface area contributed by atoms with Gasteiger partial charge in [-0.2, -0.15) is 0 Å². The lowest BCUT2D eigenvalue weighted by Crippen LogP contribution is -2.55. The Morgan fingerprint density at radius 3 is 2.30 bits per heavy atom. The maximum atomic E-state index is 12.7. The van der Waals surface area contributed by atoms with E-state index in [0.29, 0.717) is 0 Å². The molecule has 0 aliphatic carbocycles. The summed E-state index contributed by atoms with van der Waals surface area (Å²) >= 11 is 0. The molecular weight excluding hydrogens is 482 g/mol. The number of nitrogens with zero attached hydrogens (tertiary/aromatic N) is 5. The summed E-state index contributed by atoms with van der Waals surface area (Å²) in [4.78, 5) is 53.3. The third kappa shape index (κ3) is 8.01. The topological polar surface area (TPSA) is 177 Å². The number of carbonyl (C=O) groups is 4. The van der Waals surface area contributed by atoms with Crippen molar-refractivity contribution in [3.05, 3.63) is 94.5 Å². The molecule has 0 fully saturated rings. The standard InChI is InChI=1S/C24H25N7O6/c25-29-26-12-14-30(16-21(33)34)20(32)15-31-13-11-19(27-23(31)35)28-24(36)37-22(17-7-3-1-4-8-17)18-9-5-2-6-10-18/h1-11,13,19,22H,12,14-16H2,(H,27,35)(H,28,36)(H,33,34). The Hall–Kier alpha value is -5.03. The van der Waals surface area contributed by atoms with Gasteiger partial charge in [-0.05, 0) is 22.7 Å². The number of aliphatic carboxylic acids is 1. The van der Waals surface area contributed by atoms with E-state index >= 15 is 0 Å². The third-order valence-corrected chi connectivity index (χ3v) is 5.22. The Bertz CT molecular complexity index is 1150. The van der Waals surface area contributed by atoms with Crippen molar-refractivity contribution in [2.75, 3.05) is 26.2 Å². The lowest BCUT2D eigenvalue weighted by molar-refractivity contribution is -0.144. The zero-order chi connectivity index (χ0) is 26.6. The van der Waals surface area contributed by atoms with Crippen molar-refractivity contribution in [2.24, 2.45) is 5.11 Å². The molecule has 0 bridgehead atoms. The first-order chi connectivity index (χ1) is 17.9. The van der Waals surface area contributed by atoms with Gasteiger partial charge in [0.05, 0.1) is 0 Å². The smallest absolute Gasteiger partial charge is 0.409 e. The van der Waals surface area contributed by atoms with Crippen molar-refractivity contribution < 1.29 is 29.0 Å². The number of azide groups is 1. The fraction of sp³-hybridized carbons (Fsp3) is 0.250. The second kappa shape index (κ2) is 13.2. The highest BCUT2D eigenvalue weighted by molar-refractivity contribution is 5.87. The van der Waals surface area contributed by atoms with E-state index in [2.05, 4.69) is 20.7 Å². The number of hydrogen-bond acceptors (Lipinski definition) is 6. The normalized spacial score (nSPS) is 14.4. The molecule has 1 heterocycles. The summed E-state index contributed by atoms with van der Waals surface area (Å²) in [5.74, 6) is -1.91. The average Bonchev–Trinajstić information content (AvgIpc) is 2.89. The number of benzene rings is 2. The minimum atomic E-state index is -1.25. The van der Waals surface area contributed by atoms with E-state index in [-0.39, 0.29) is 13.1 Å². The zero-order valence-corrected chi connectivity index (χ0v) is 19.6. The Balaban J connectivity index is 1.61. The Morgan fingerprint density at radius 2 is 1.76 bits per heavy atom. The molecule has 37 heavy (non-hydrogen) atoms. The molecule has 3 rings (SSSR count). The highest BCUT2D eigenvalue weighted by atomic mass is 16.6. The quantitative estimate of drug-likeness (QED) is 0.239. The molecule has 0 aromatic heterocycles. The van der Waals surface area contributed by atoms with E-state index in [4.69, 9.17) is 15.4 Å². The fourth-order valence-electron chi connectivity index (χ4n) is 3.49. The van der Waals surface area contributed by atoms with E-state index in [1.807, 2.05) is 60.7 Å². The minimum absolute atomic E-state index is 0.112. The predicted octanol–water partition coefficient (Wildman–Crippen LogP) is 2.59. The van der Waals surface area contributed by atoms with Crippen molar-refractivity contribution in [1.29, 1.82) is 0 Å². The summed E-state index contributed by atoms with van der Waals surface area (Å²) < 4.78 is 5.67. The van der Waals surface area contributed by atoms with Gasteiger partial charge in [-0.1, -0.05) is 65.8 Å². The van der Waals surface area contributed by atoms with E-state index < -0.39 is 49.4 Å². The van der Waals surface area contributed by atoms with Gasteiger partial charge in [-0.15, -0.1) is 0 Å². The van der Waals surface area contributed by atoms with E-state index in [9.17, 15) is 19.2 Å². The lowest BCUT2D eigenvalue weighted by Gasteiger charge is -2.29. The molecule has 1 aliphatic rings. The first kappa shape index (κ1) is 26.6. The van der Waals surface area contributed by atoms with Crippen LogP contribution in [-0.2, 0) is 14.3 Å². The van der Waals surface area contributed by atoms with Gasteiger partial charge >= 0.3 is 18.1 Å². The van der Waals surface area contributed by atoms with E-state index in [0.717, 1.165) is 20.9 Å². The van der Waals surface area contributed by atoms with E-state index in [1.165, 1.54) is 12.3 Å². The first-order valence-corrected chi connectivity index (χ1v) is 11.2. The highest BCUT2D eigenvalue weighted by Gasteiger charge is 2.27. The Kier molecular flexibility index (Phi) is 9.45. The molecule has 0 radical (unpaired) electrons. The van der Waals surface area contributed by atoms with Crippen LogP contribution in [0.5, 0.6) is 0 Å². The Labute approximate surface area is 211 Å². The molecule has 192 valence electrons. The summed E-state index contributed by atoms with van der Waals surface area (Å²) in [6.07, 6.45) is 0.393. The number of alkyl carbamates (subject to hydrolysis) is 1. The van der Waals surface area contributed by atoms with Gasteiger partial charge < -0.3 is 20.1 Å². The monoisotopic (exact) mass is 507 g/mol. The first-order valence-electron chi connectivity index (χ1n) is 11.2. The minimum Gasteiger partial charge on any atom is -0.480 e. The number of urea groups is 1. The number of rotatable bonds is 11. The fourth-order valence-corrected chi connectivity index (χ4v) is 3.49. The number of nitrogens with one attached hydrogen (secondary N) is 2. The largest absolute Gasteiger partial charge is 0.480 e. The van der Waals surface area contributed by atoms with Crippen LogP contribution >= 0.6 is 0 Å². The maximum Gasteiger partial charge on any atom is 0.409 e. The van der Waals surface area contributed by atoms with Crippen LogP contribution in [0.2, 0.25) is 0 Å². The lowest BCUT2D eigenvalue weighted by atomic mass is 10.0. The summed E-state index contributed by atoms with van der Waals surface area (Å²) in [6.45, 7) is -1.29. The maximum absolute atomic E-state index is 12.7. The van der Waals surface area contributed by atoms with Gasteiger partial charge in [-0.25, -0.2) is 9.59 Å². The molecule has 1 unspecified atom stereocenters. The second-order valence-electron chi connectivity index (χ2n) is 7.81. The van der Waals surface area contributed by atoms with Crippen LogP contribution in [0, 0.1) is 0 Å². The summed E-state index contributed by atoms with van der Waals surface area (Å²) in [5, 5.41) is 17.4. The van der Waals surface area contributed by atoms with Crippen LogP contribution in [0.25, 0.3) is 10.4 Å². The van der Waals surface area contributed by atoms with Crippen LogP contribution in [-0.4, -0.2) is 71.3 Å². The number of amides is 4. The molecule has 4 amide bonds. The molecule has 3 N–H and O–H groups in total. The molecule has 0 saturated heterocycles. The van der Waals surface area contributed by atoms with Crippen LogP contribution < -0.4 is 10.6 Å². The van der Waals surface area contributed by atoms with E-state index in [1.54, 1.807) is 0 Å². The molecule has 2 aromatic rings. The van der Waals surface area contributed by atoms with Gasteiger partial charge in [0.15, 0.2) is 6.10 Å². The van der Waals surface area contributed by atoms with Crippen molar-refractivity contribution in [2.45, 2.75) is 12.3 Å². The van der Waals surface area contributed by atoms with Crippen LogP contribution in [0.1, 0.15) is 17.2 Å². The number of carboxylic acids is 1. The number of hydrogen-bond donors (Lipinski definition) is 3. The van der Waals surface area contributed by atoms with Crippen LogP contribution in [0.15, 0.2) is 78.1 Å². The third-order valence-electron chi connectivity index (χ3n) is 5.22. The number of carboxylic acid groups (broad SMARTS) is 1. The van der Waals surface area contributed by atoms with Crippen molar-refractivity contribution in [3.63, 3.8) is 0 Å². The second-order valence-corrected chi connectivity index (χ2v) is 7.81. The predicted molar refractivity (Wildman–Crippen MR) is 131 cm³/mol. The van der Waals surface area contributed by atoms with Gasteiger partial charge in [0, 0.05) is 24.2 Å². The molecule has 1 aliphatic heterocycles. The Morgan fingerprint density at radius 1 is 1.14 bits per heavy atom.